The lowest BCUT2D eigenvalue weighted by molar-refractivity contribution is 0.0461. The number of imidazole rings is 1. The number of aromatic nitrogens is 3. The van der Waals surface area contributed by atoms with Crippen molar-refractivity contribution in [2.24, 2.45) is 0 Å². The number of hydrogen-bond donors (Lipinski definition) is 3. The van der Waals surface area contributed by atoms with Crippen LogP contribution in [0.3, 0.4) is 0 Å². The van der Waals surface area contributed by atoms with Crippen LogP contribution < -0.4 is 5.32 Å². The zero-order chi connectivity index (χ0) is 16.2. The van der Waals surface area contributed by atoms with E-state index >= 15 is 0 Å². The van der Waals surface area contributed by atoms with Gasteiger partial charge in [0.2, 0.25) is 0 Å². The Morgan fingerprint density at radius 1 is 1.22 bits per heavy atom. The third-order valence-corrected chi connectivity index (χ3v) is 4.47. The van der Waals surface area contributed by atoms with Crippen molar-refractivity contribution in [2.45, 2.75) is 25.5 Å². The van der Waals surface area contributed by atoms with E-state index in [1.807, 2.05) is 32.0 Å². The van der Waals surface area contributed by atoms with E-state index in [0.717, 1.165) is 28.0 Å². The van der Waals surface area contributed by atoms with E-state index < -0.39 is 11.6 Å². The van der Waals surface area contributed by atoms with Gasteiger partial charge < -0.3 is 15.4 Å². The number of aromatic amines is 1. The normalized spacial score (nSPS) is 19.4. The van der Waals surface area contributed by atoms with Gasteiger partial charge in [-0.15, -0.1) is 0 Å². The Morgan fingerprint density at radius 3 is 2.70 bits per heavy atom. The lowest BCUT2D eigenvalue weighted by Crippen LogP contribution is -2.52. The maximum absolute atomic E-state index is 12.2. The molecule has 1 atom stereocenters. The van der Waals surface area contributed by atoms with Gasteiger partial charge in [-0.1, -0.05) is 13.8 Å². The Bertz CT molecular complexity index is 915. The molecule has 23 heavy (non-hydrogen) atoms. The Balaban J connectivity index is 1.93. The van der Waals surface area contributed by atoms with E-state index in [4.69, 9.17) is 0 Å². The molecule has 0 radical (unpaired) electrons. The van der Waals surface area contributed by atoms with Crippen LogP contribution in [0.5, 0.6) is 0 Å². The van der Waals surface area contributed by atoms with Crippen molar-refractivity contribution in [3.05, 3.63) is 47.8 Å². The molecule has 116 valence electrons. The molecule has 6 heteroatoms. The number of rotatable bonds is 1. The first-order chi connectivity index (χ1) is 11.0. The Hall–Kier alpha value is -2.73. The van der Waals surface area contributed by atoms with Crippen LogP contribution in [0.2, 0.25) is 0 Å². The number of carbonyl (C=O) groups excluding carboxylic acids is 1. The first-order valence-corrected chi connectivity index (χ1v) is 7.40. The number of nitrogens with one attached hydrogen (secondary N) is 2. The van der Waals surface area contributed by atoms with E-state index in [1.165, 1.54) is 0 Å². The number of hydrogen-bond acceptors (Lipinski definition) is 4. The summed E-state index contributed by atoms with van der Waals surface area (Å²) in [7, 11) is 0. The van der Waals surface area contributed by atoms with Crippen LogP contribution in [0.15, 0.2) is 36.7 Å². The summed E-state index contributed by atoms with van der Waals surface area (Å²) in [6, 6.07) is 7.43. The summed E-state index contributed by atoms with van der Waals surface area (Å²) < 4.78 is 0. The third kappa shape index (κ3) is 2.03. The molecule has 0 aliphatic carbocycles. The molecule has 0 saturated heterocycles. The minimum absolute atomic E-state index is 0.276. The number of nitrogens with zero attached hydrogens (tertiary/aromatic N) is 2. The molecule has 1 aromatic carbocycles. The van der Waals surface area contributed by atoms with E-state index in [0.29, 0.717) is 5.56 Å². The summed E-state index contributed by atoms with van der Waals surface area (Å²) in [4.78, 5) is 24.0. The summed E-state index contributed by atoms with van der Waals surface area (Å²) in [5.74, 6) is 0.450. The Labute approximate surface area is 132 Å². The molecule has 2 aromatic heterocycles. The van der Waals surface area contributed by atoms with Gasteiger partial charge in [-0.2, -0.15) is 0 Å². The molecule has 0 saturated carbocycles. The fourth-order valence-corrected chi connectivity index (χ4v) is 2.95. The number of amides is 1. The van der Waals surface area contributed by atoms with Gasteiger partial charge >= 0.3 is 0 Å². The fraction of sp³-hybridized carbons (Fsp3) is 0.235. The molecule has 3 N–H and O–H groups in total. The average Bonchev–Trinajstić information content (AvgIpc) is 2.96. The molecule has 3 heterocycles. The number of fused-ring (bicyclic) bond motifs is 2. The highest BCUT2D eigenvalue weighted by Gasteiger charge is 2.39. The highest BCUT2D eigenvalue weighted by molar-refractivity contribution is 6.01. The molecule has 1 unspecified atom stereocenters. The number of pyridine rings is 1. The van der Waals surface area contributed by atoms with Crippen molar-refractivity contribution in [1.82, 2.24) is 20.3 Å². The monoisotopic (exact) mass is 308 g/mol. The molecular formula is C17H16N4O2. The molecule has 1 amide bonds. The second-order valence-corrected chi connectivity index (χ2v) is 6.33. The van der Waals surface area contributed by atoms with Crippen molar-refractivity contribution in [1.29, 1.82) is 0 Å². The van der Waals surface area contributed by atoms with E-state index in [1.54, 1.807) is 18.5 Å². The molecule has 3 aromatic rings. The SMILES string of the molecule is CC1(C)c2cc3[nH]c(-c4ccncc4)nc3cc2C(=O)NC1O. The van der Waals surface area contributed by atoms with Gasteiger partial charge in [0.1, 0.15) is 12.1 Å². The van der Waals surface area contributed by atoms with Gasteiger partial charge in [-0.3, -0.25) is 9.78 Å². The number of carbonyl (C=O) groups is 1. The Kier molecular flexibility index (Phi) is 2.80. The minimum atomic E-state index is -0.914. The van der Waals surface area contributed by atoms with Crippen molar-refractivity contribution < 1.29 is 9.90 Å². The summed E-state index contributed by atoms with van der Waals surface area (Å²) >= 11 is 0. The first-order valence-electron chi connectivity index (χ1n) is 7.40. The van der Waals surface area contributed by atoms with Crippen molar-refractivity contribution >= 4 is 16.9 Å². The highest BCUT2D eigenvalue weighted by Crippen LogP contribution is 2.35. The van der Waals surface area contributed by atoms with Gasteiger partial charge in [0.25, 0.3) is 5.91 Å². The van der Waals surface area contributed by atoms with E-state index in [-0.39, 0.29) is 5.91 Å². The highest BCUT2D eigenvalue weighted by atomic mass is 16.3. The predicted molar refractivity (Wildman–Crippen MR) is 85.8 cm³/mol. The fourth-order valence-electron chi connectivity index (χ4n) is 2.95. The largest absolute Gasteiger partial charge is 0.373 e. The van der Waals surface area contributed by atoms with Gasteiger partial charge in [0.15, 0.2) is 0 Å². The molecule has 1 aliphatic rings. The quantitative estimate of drug-likeness (QED) is 0.641. The maximum Gasteiger partial charge on any atom is 0.253 e. The van der Waals surface area contributed by atoms with Crippen LogP contribution in [0.25, 0.3) is 22.4 Å². The van der Waals surface area contributed by atoms with Crippen molar-refractivity contribution in [3.8, 4) is 11.4 Å². The summed E-state index contributed by atoms with van der Waals surface area (Å²) in [6.45, 7) is 3.81. The van der Waals surface area contributed by atoms with Crippen LogP contribution in [-0.2, 0) is 5.41 Å². The predicted octanol–water partition coefficient (Wildman–Crippen LogP) is 1.96. The van der Waals surface area contributed by atoms with Crippen LogP contribution in [0.4, 0.5) is 0 Å². The molecule has 0 bridgehead atoms. The average molecular weight is 308 g/mol. The first kappa shape index (κ1) is 13.9. The standard InChI is InChI=1S/C17H16N4O2/c1-17(2)11-8-13-12(7-10(11)15(22)21-16(17)23)19-14(20-13)9-3-5-18-6-4-9/h3-8,16,23H,1-2H3,(H,19,20)(H,21,22). The van der Waals surface area contributed by atoms with E-state index in [9.17, 15) is 9.90 Å². The molecule has 4 rings (SSSR count). The molecule has 0 spiro atoms. The summed E-state index contributed by atoms with van der Waals surface area (Å²) in [5, 5.41) is 12.7. The maximum atomic E-state index is 12.2. The van der Waals surface area contributed by atoms with Crippen LogP contribution in [-0.4, -0.2) is 32.2 Å². The van der Waals surface area contributed by atoms with Gasteiger partial charge in [-0.05, 0) is 29.8 Å². The third-order valence-electron chi connectivity index (χ3n) is 4.47. The number of aliphatic hydroxyl groups is 1. The van der Waals surface area contributed by atoms with Gasteiger partial charge in [0.05, 0.1) is 11.0 Å². The molecular weight excluding hydrogens is 292 g/mol. The zero-order valence-corrected chi connectivity index (χ0v) is 12.8. The minimum Gasteiger partial charge on any atom is -0.373 e. The van der Waals surface area contributed by atoms with Gasteiger partial charge in [-0.25, -0.2) is 4.98 Å². The number of benzene rings is 1. The zero-order valence-electron chi connectivity index (χ0n) is 12.8. The molecule has 1 aliphatic heterocycles. The van der Waals surface area contributed by atoms with E-state index in [2.05, 4.69) is 20.3 Å². The summed E-state index contributed by atoms with van der Waals surface area (Å²) in [6.07, 6.45) is 2.50. The second kappa shape index (κ2) is 4.63. The smallest absolute Gasteiger partial charge is 0.253 e. The number of aliphatic hydroxyl groups excluding tert-OH is 1. The number of H-pyrrole nitrogens is 1. The topological polar surface area (TPSA) is 90.9 Å². The summed E-state index contributed by atoms with van der Waals surface area (Å²) in [5.41, 5.74) is 3.28. The van der Waals surface area contributed by atoms with Crippen molar-refractivity contribution in [2.75, 3.05) is 0 Å². The molecule has 0 fully saturated rings. The van der Waals surface area contributed by atoms with Crippen molar-refractivity contribution in [3.63, 3.8) is 0 Å². The lowest BCUT2D eigenvalue weighted by atomic mass is 9.77. The second-order valence-electron chi connectivity index (χ2n) is 6.33. The Morgan fingerprint density at radius 2 is 1.96 bits per heavy atom. The van der Waals surface area contributed by atoms with Crippen LogP contribution in [0.1, 0.15) is 29.8 Å². The molecule has 6 nitrogen and oxygen atoms in total. The van der Waals surface area contributed by atoms with Gasteiger partial charge in [0, 0.05) is 28.9 Å². The van der Waals surface area contributed by atoms with Crippen LogP contribution >= 0.6 is 0 Å². The lowest BCUT2D eigenvalue weighted by Gasteiger charge is -2.37. The van der Waals surface area contributed by atoms with Crippen LogP contribution in [0, 0.1) is 0 Å².